The number of benzene rings is 1. The average molecular weight is 374 g/mol. The predicted octanol–water partition coefficient (Wildman–Crippen LogP) is 3.16. The minimum Gasteiger partial charge on any atom is -0.360 e. The average Bonchev–Trinajstić information content (AvgIpc) is 3.05. The number of non-ortho nitro benzene ring substituents is 1. The Morgan fingerprint density at radius 2 is 1.96 bits per heavy atom. The van der Waals surface area contributed by atoms with Crippen LogP contribution >= 0.6 is 0 Å². The third kappa shape index (κ3) is 5.91. The summed E-state index contributed by atoms with van der Waals surface area (Å²) in [4.78, 5) is 36.7. The van der Waals surface area contributed by atoms with Gasteiger partial charge in [-0.15, -0.1) is 0 Å². The second kappa shape index (κ2) is 9.46. The van der Waals surface area contributed by atoms with E-state index in [9.17, 15) is 19.7 Å². The minimum absolute atomic E-state index is 0.0942. The number of aromatic nitrogens is 1. The van der Waals surface area contributed by atoms with Gasteiger partial charge in [0, 0.05) is 30.3 Å². The number of amides is 2. The lowest BCUT2D eigenvalue weighted by molar-refractivity contribution is -0.384. The van der Waals surface area contributed by atoms with Crippen LogP contribution in [0.1, 0.15) is 42.3 Å². The molecule has 144 valence electrons. The Morgan fingerprint density at radius 3 is 2.52 bits per heavy atom. The molecule has 0 aliphatic heterocycles. The first kappa shape index (κ1) is 20.1. The Balaban J connectivity index is 2.08. The predicted molar refractivity (Wildman–Crippen MR) is 98.4 cm³/mol. The maximum absolute atomic E-state index is 12.8. The number of anilines is 1. The van der Waals surface area contributed by atoms with Crippen LogP contribution in [0.15, 0.2) is 34.9 Å². The van der Waals surface area contributed by atoms with Crippen LogP contribution in [0.3, 0.4) is 0 Å². The highest BCUT2D eigenvalue weighted by Gasteiger charge is 2.20. The van der Waals surface area contributed by atoms with Crippen molar-refractivity contribution in [1.82, 2.24) is 10.1 Å². The molecular weight excluding hydrogens is 352 g/mol. The zero-order valence-electron chi connectivity index (χ0n) is 15.3. The number of carbonyl (C=O) groups is 2. The first-order chi connectivity index (χ1) is 12.9. The van der Waals surface area contributed by atoms with Crippen LogP contribution in [-0.4, -0.2) is 39.9 Å². The summed E-state index contributed by atoms with van der Waals surface area (Å²) in [7, 11) is 0. The molecule has 1 aromatic carbocycles. The standard InChI is InChI=1S/C18H22N4O5/c1-3-4-5-10-21(12-17(23)19-16-11-13(2)27-20-16)18(24)14-6-8-15(9-7-14)22(25)26/h6-9,11H,3-5,10,12H2,1-2H3,(H,19,20,23). The van der Waals surface area contributed by atoms with E-state index in [1.165, 1.54) is 29.2 Å². The number of aryl methyl sites for hydroxylation is 1. The van der Waals surface area contributed by atoms with Gasteiger partial charge in [0.2, 0.25) is 5.91 Å². The molecule has 0 fully saturated rings. The van der Waals surface area contributed by atoms with Gasteiger partial charge in [0.05, 0.1) is 4.92 Å². The van der Waals surface area contributed by atoms with E-state index >= 15 is 0 Å². The summed E-state index contributed by atoms with van der Waals surface area (Å²) in [6.45, 7) is 4.01. The molecule has 0 saturated heterocycles. The van der Waals surface area contributed by atoms with E-state index in [0.717, 1.165) is 19.3 Å². The molecule has 0 bridgehead atoms. The molecule has 0 aliphatic carbocycles. The van der Waals surface area contributed by atoms with Gasteiger partial charge >= 0.3 is 0 Å². The minimum atomic E-state index is -0.527. The van der Waals surface area contributed by atoms with Crippen molar-refractivity contribution >= 4 is 23.3 Å². The summed E-state index contributed by atoms with van der Waals surface area (Å²) in [5, 5.41) is 17.0. The van der Waals surface area contributed by atoms with Crippen molar-refractivity contribution in [3.05, 3.63) is 51.8 Å². The van der Waals surface area contributed by atoms with Crippen LogP contribution in [0.2, 0.25) is 0 Å². The summed E-state index contributed by atoms with van der Waals surface area (Å²) >= 11 is 0. The third-order valence-corrected chi connectivity index (χ3v) is 3.87. The van der Waals surface area contributed by atoms with Crippen LogP contribution in [-0.2, 0) is 4.79 Å². The van der Waals surface area contributed by atoms with Gasteiger partial charge in [0.25, 0.3) is 11.6 Å². The fourth-order valence-electron chi connectivity index (χ4n) is 2.49. The van der Waals surface area contributed by atoms with Gasteiger partial charge in [-0.2, -0.15) is 0 Å². The molecule has 2 rings (SSSR count). The van der Waals surface area contributed by atoms with E-state index in [1.807, 2.05) is 6.92 Å². The van der Waals surface area contributed by atoms with Crippen molar-refractivity contribution < 1.29 is 19.0 Å². The second-order valence-electron chi connectivity index (χ2n) is 6.11. The van der Waals surface area contributed by atoms with Crippen molar-refractivity contribution in [3.63, 3.8) is 0 Å². The third-order valence-electron chi connectivity index (χ3n) is 3.87. The number of hydrogen-bond donors (Lipinski definition) is 1. The molecule has 9 nitrogen and oxygen atoms in total. The lowest BCUT2D eigenvalue weighted by Crippen LogP contribution is -2.38. The van der Waals surface area contributed by atoms with E-state index in [0.29, 0.717) is 17.9 Å². The zero-order valence-corrected chi connectivity index (χ0v) is 15.3. The van der Waals surface area contributed by atoms with Gasteiger partial charge < -0.3 is 14.7 Å². The van der Waals surface area contributed by atoms with Crippen LogP contribution in [0.5, 0.6) is 0 Å². The van der Waals surface area contributed by atoms with E-state index in [4.69, 9.17) is 4.52 Å². The molecule has 1 heterocycles. The largest absolute Gasteiger partial charge is 0.360 e. The highest BCUT2D eigenvalue weighted by molar-refractivity contribution is 5.99. The zero-order chi connectivity index (χ0) is 19.8. The first-order valence-electron chi connectivity index (χ1n) is 8.67. The first-order valence-corrected chi connectivity index (χ1v) is 8.67. The topological polar surface area (TPSA) is 119 Å². The number of hydrogen-bond acceptors (Lipinski definition) is 6. The summed E-state index contributed by atoms with van der Waals surface area (Å²) in [6.07, 6.45) is 2.66. The molecule has 0 atom stereocenters. The molecule has 0 unspecified atom stereocenters. The molecule has 0 aliphatic rings. The fraction of sp³-hybridized carbons (Fsp3) is 0.389. The van der Waals surface area contributed by atoms with Crippen molar-refractivity contribution in [1.29, 1.82) is 0 Å². The highest BCUT2D eigenvalue weighted by atomic mass is 16.6. The van der Waals surface area contributed by atoms with Gasteiger partial charge in [0.1, 0.15) is 12.3 Å². The molecule has 0 radical (unpaired) electrons. The van der Waals surface area contributed by atoms with Crippen LogP contribution in [0, 0.1) is 17.0 Å². The summed E-state index contributed by atoms with van der Waals surface area (Å²) in [5.74, 6) is 0.100. The van der Waals surface area contributed by atoms with Crippen molar-refractivity contribution in [2.24, 2.45) is 0 Å². The van der Waals surface area contributed by atoms with Gasteiger partial charge in [-0.3, -0.25) is 19.7 Å². The van der Waals surface area contributed by atoms with Crippen LogP contribution in [0.25, 0.3) is 0 Å². The van der Waals surface area contributed by atoms with E-state index in [-0.39, 0.29) is 24.0 Å². The smallest absolute Gasteiger partial charge is 0.269 e. The van der Waals surface area contributed by atoms with Crippen LogP contribution < -0.4 is 5.32 Å². The van der Waals surface area contributed by atoms with Gasteiger partial charge in [-0.1, -0.05) is 24.9 Å². The van der Waals surface area contributed by atoms with E-state index in [1.54, 1.807) is 13.0 Å². The highest BCUT2D eigenvalue weighted by Crippen LogP contribution is 2.14. The van der Waals surface area contributed by atoms with Gasteiger partial charge in [-0.05, 0) is 25.5 Å². The summed E-state index contributed by atoms with van der Waals surface area (Å²) in [6, 6.07) is 6.92. The summed E-state index contributed by atoms with van der Waals surface area (Å²) in [5.41, 5.74) is 0.199. The molecule has 1 N–H and O–H groups in total. The van der Waals surface area contributed by atoms with Crippen LogP contribution in [0.4, 0.5) is 11.5 Å². The lowest BCUT2D eigenvalue weighted by atomic mass is 10.1. The van der Waals surface area contributed by atoms with Gasteiger partial charge in [0.15, 0.2) is 5.82 Å². The molecule has 1 aromatic heterocycles. The number of nitro benzene ring substituents is 1. The number of unbranched alkanes of at least 4 members (excludes halogenated alkanes) is 2. The Bertz CT molecular complexity index is 800. The summed E-state index contributed by atoms with van der Waals surface area (Å²) < 4.78 is 4.90. The number of nitrogens with one attached hydrogen (secondary N) is 1. The monoisotopic (exact) mass is 374 g/mol. The molecule has 9 heteroatoms. The Morgan fingerprint density at radius 1 is 1.26 bits per heavy atom. The number of nitro groups is 1. The van der Waals surface area contributed by atoms with E-state index < -0.39 is 10.8 Å². The molecule has 2 amide bonds. The quantitative estimate of drug-likeness (QED) is 0.409. The molecular formula is C18H22N4O5. The van der Waals surface area contributed by atoms with E-state index in [2.05, 4.69) is 10.5 Å². The van der Waals surface area contributed by atoms with Crippen molar-refractivity contribution in [2.45, 2.75) is 33.1 Å². The molecule has 27 heavy (non-hydrogen) atoms. The molecule has 2 aromatic rings. The Hall–Kier alpha value is -3.23. The number of nitrogens with zero attached hydrogens (tertiary/aromatic N) is 3. The Kier molecular flexibility index (Phi) is 7.04. The lowest BCUT2D eigenvalue weighted by Gasteiger charge is -2.22. The van der Waals surface area contributed by atoms with Gasteiger partial charge in [-0.25, -0.2) is 0 Å². The molecule has 0 saturated carbocycles. The number of carbonyl (C=O) groups excluding carboxylic acids is 2. The van der Waals surface area contributed by atoms with Crippen molar-refractivity contribution in [3.8, 4) is 0 Å². The Labute approximate surface area is 156 Å². The molecule has 0 spiro atoms. The fourth-order valence-corrected chi connectivity index (χ4v) is 2.49. The SMILES string of the molecule is CCCCCN(CC(=O)Nc1cc(C)on1)C(=O)c1ccc([N+](=O)[O-])cc1. The normalized spacial score (nSPS) is 10.4. The number of rotatable bonds is 9. The maximum atomic E-state index is 12.8. The van der Waals surface area contributed by atoms with Crippen molar-refractivity contribution in [2.75, 3.05) is 18.4 Å². The maximum Gasteiger partial charge on any atom is 0.269 e. The second-order valence-corrected chi connectivity index (χ2v) is 6.11.